The lowest BCUT2D eigenvalue weighted by molar-refractivity contribution is 0.122. The highest BCUT2D eigenvalue weighted by atomic mass is 16.5. The van der Waals surface area contributed by atoms with Crippen molar-refractivity contribution in [3.63, 3.8) is 0 Å². The van der Waals surface area contributed by atoms with Gasteiger partial charge in [0.05, 0.1) is 13.2 Å². The number of β-amino-alcohol motifs (C(OH)–C–C–N with tert-alkyl or cyclic N) is 1. The van der Waals surface area contributed by atoms with Gasteiger partial charge in [-0.2, -0.15) is 0 Å². The molecule has 0 spiro atoms. The molecular weight excluding hydrogens is 276 g/mol. The van der Waals surface area contributed by atoms with Crippen LogP contribution >= 0.6 is 0 Å². The van der Waals surface area contributed by atoms with Crippen LogP contribution < -0.4 is 4.74 Å². The maximum Gasteiger partial charge on any atom is 0.119 e. The number of methoxy groups -OCH3 is 1. The summed E-state index contributed by atoms with van der Waals surface area (Å²) in [5.41, 5.74) is 0.936. The van der Waals surface area contributed by atoms with Crippen molar-refractivity contribution >= 4 is 0 Å². The predicted molar refractivity (Wildman–Crippen MR) is 90.3 cm³/mol. The Bertz CT molecular complexity index is 452. The molecular formula is C18H30N2O2. The Balaban J connectivity index is 1.81. The largest absolute Gasteiger partial charge is 0.497 e. The van der Waals surface area contributed by atoms with Crippen molar-refractivity contribution in [3.05, 3.63) is 29.8 Å². The molecule has 0 bridgehead atoms. The van der Waals surface area contributed by atoms with Crippen molar-refractivity contribution in [2.75, 3.05) is 46.9 Å². The van der Waals surface area contributed by atoms with E-state index in [0.29, 0.717) is 6.54 Å². The number of aliphatic hydroxyl groups is 1. The molecule has 1 aromatic rings. The number of hydrogen-bond donors (Lipinski definition) is 1. The molecule has 0 radical (unpaired) electrons. The first-order valence-corrected chi connectivity index (χ1v) is 8.35. The number of benzene rings is 1. The molecule has 1 aliphatic heterocycles. The second-order valence-corrected chi connectivity index (χ2v) is 6.47. The quantitative estimate of drug-likeness (QED) is 0.800. The van der Waals surface area contributed by atoms with Crippen molar-refractivity contribution in [2.45, 2.75) is 25.9 Å². The zero-order valence-corrected chi connectivity index (χ0v) is 14.2. The molecule has 1 fully saturated rings. The molecule has 1 aliphatic rings. The maximum atomic E-state index is 10.4. The minimum atomic E-state index is -0.442. The molecule has 0 saturated carbocycles. The summed E-state index contributed by atoms with van der Waals surface area (Å²) >= 11 is 0. The fourth-order valence-electron chi connectivity index (χ4n) is 3.34. The van der Waals surface area contributed by atoms with E-state index in [9.17, 15) is 5.11 Å². The van der Waals surface area contributed by atoms with E-state index in [1.807, 2.05) is 24.3 Å². The standard InChI is InChI=1S/C18H30N2O2/c1-4-9-19(2)12-15-8-10-20(13-15)14-18(21)16-6-5-7-17(11-16)22-3/h5-7,11,15,18,21H,4,8-10,12-14H2,1-3H3. The van der Waals surface area contributed by atoms with E-state index in [2.05, 4.69) is 23.8 Å². The van der Waals surface area contributed by atoms with Crippen LogP contribution in [0, 0.1) is 5.92 Å². The van der Waals surface area contributed by atoms with Crippen LogP contribution in [0.4, 0.5) is 0 Å². The minimum absolute atomic E-state index is 0.442. The molecule has 124 valence electrons. The summed E-state index contributed by atoms with van der Waals surface area (Å²) in [6.07, 6.45) is 2.00. The Hall–Kier alpha value is -1.10. The van der Waals surface area contributed by atoms with Crippen LogP contribution in [-0.2, 0) is 0 Å². The smallest absolute Gasteiger partial charge is 0.119 e. The first kappa shape index (κ1) is 17.3. The maximum absolute atomic E-state index is 10.4. The van der Waals surface area contributed by atoms with Gasteiger partial charge in [-0.3, -0.25) is 0 Å². The minimum Gasteiger partial charge on any atom is -0.497 e. The Morgan fingerprint density at radius 3 is 3.00 bits per heavy atom. The monoisotopic (exact) mass is 306 g/mol. The van der Waals surface area contributed by atoms with Crippen LogP contribution in [0.1, 0.15) is 31.4 Å². The Kier molecular flexibility index (Phi) is 6.68. The number of likely N-dealkylation sites (tertiary alicyclic amines) is 1. The summed E-state index contributed by atoms with van der Waals surface area (Å²) < 4.78 is 5.23. The van der Waals surface area contributed by atoms with Crippen LogP contribution in [0.25, 0.3) is 0 Å². The van der Waals surface area contributed by atoms with Gasteiger partial charge in [-0.1, -0.05) is 19.1 Å². The first-order chi connectivity index (χ1) is 10.6. The summed E-state index contributed by atoms with van der Waals surface area (Å²) in [5.74, 6) is 1.53. The molecule has 4 heteroatoms. The van der Waals surface area contributed by atoms with Gasteiger partial charge >= 0.3 is 0 Å². The van der Waals surface area contributed by atoms with Crippen LogP contribution in [0.3, 0.4) is 0 Å². The van der Waals surface area contributed by atoms with Gasteiger partial charge in [0.25, 0.3) is 0 Å². The predicted octanol–water partition coefficient (Wildman–Crippen LogP) is 2.39. The third-order valence-electron chi connectivity index (χ3n) is 4.45. The molecule has 1 heterocycles. The Morgan fingerprint density at radius 1 is 1.45 bits per heavy atom. The van der Waals surface area contributed by atoms with Gasteiger partial charge in [-0.05, 0) is 56.6 Å². The van der Waals surface area contributed by atoms with Gasteiger partial charge in [-0.25, -0.2) is 0 Å². The Labute approximate surface area is 134 Å². The molecule has 22 heavy (non-hydrogen) atoms. The summed E-state index contributed by atoms with van der Waals surface area (Å²) in [7, 11) is 3.86. The van der Waals surface area contributed by atoms with Gasteiger partial charge in [0.15, 0.2) is 0 Å². The molecule has 4 nitrogen and oxygen atoms in total. The molecule has 0 aromatic heterocycles. The highest BCUT2D eigenvalue weighted by Gasteiger charge is 2.25. The van der Waals surface area contributed by atoms with Crippen LogP contribution in [0.15, 0.2) is 24.3 Å². The molecule has 1 saturated heterocycles. The molecule has 0 aliphatic carbocycles. The summed E-state index contributed by atoms with van der Waals surface area (Å²) in [6, 6.07) is 7.73. The third kappa shape index (κ3) is 4.97. The fraction of sp³-hybridized carbons (Fsp3) is 0.667. The lowest BCUT2D eigenvalue weighted by Gasteiger charge is -2.22. The molecule has 2 atom stereocenters. The van der Waals surface area contributed by atoms with Crippen molar-refractivity contribution < 1.29 is 9.84 Å². The third-order valence-corrected chi connectivity index (χ3v) is 4.45. The van der Waals surface area contributed by atoms with E-state index < -0.39 is 6.10 Å². The Morgan fingerprint density at radius 2 is 2.27 bits per heavy atom. The van der Waals surface area contributed by atoms with Gasteiger partial charge in [0.2, 0.25) is 0 Å². The van der Waals surface area contributed by atoms with E-state index in [1.165, 1.54) is 25.9 Å². The average Bonchev–Trinajstić information content (AvgIpc) is 2.94. The number of ether oxygens (including phenoxy) is 1. The molecule has 2 rings (SSSR count). The van der Waals surface area contributed by atoms with E-state index in [1.54, 1.807) is 7.11 Å². The normalized spacial score (nSPS) is 20.5. The number of aliphatic hydroxyl groups excluding tert-OH is 1. The number of nitrogens with zero attached hydrogens (tertiary/aromatic N) is 2. The SMILES string of the molecule is CCCN(C)CC1CCN(CC(O)c2cccc(OC)c2)C1. The second-order valence-electron chi connectivity index (χ2n) is 6.47. The van der Waals surface area contributed by atoms with Crippen LogP contribution in [0.2, 0.25) is 0 Å². The lowest BCUT2D eigenvalue weighted by atomic mass is 10.1. The van der Waals surface area contributed by atoms with Gasteiger partial charge in [0.1, 0.15) is 5.75 Å². The highest BCUT2D eigenvalue weighted by molar-refractivity contribution is 5.29. The van der Waals surface area contributed by atoms with E-state index in [-0.39, 0.29) is 0 Å². The van der Waals surface area contributed by atoms with E-state index >= 15 is 0 Å². The zero-order valence-electron chi connectivity index (χ0n) is 14.2. The highest BCUT2D eigenvalue weighted by Crippen LogP contribution is 2.23. The molecule has 0 amide bonds. The van der Waals surface area contributed by atoms with Gasteiger partial charge in [0, 0.05) is 19.6 Å². The van der Waals surface area contributed by atoms with Gasteiger partial charge in [-0.15, -0.1) is 0 Å². The second kappa shape index (κ2) is 8.51. The molecule has 1 aromatic carbocycles. The number of rotatable bonds is 8. The van der Waals surface area contributed by atoms with E-state index in [0.717, 1.165) is 30.3 Å². The van der Waals surface area contributed by atoms with Crippen LogP contribution in [0.5, 0.6) is 5.75 Å². The fourth-order valence-corrected chi connectivity index (χ4v) is 3.34. The number of hydrogen-bond acceptors (Lipinski definition) is 4. The lowest BCUT2D eigenvalue weighted by Crippen LogP contribution is -2.30. The summed E-state index contributed by atoms with van der Waals surface area (Å²) in [5, 5.41) is 10.4. The topological polar surface area (TPSA) is 35.9 Å². The average molecular weight is 306 g/mol. The van der Waals surface area contributed by atoms with Crippen molar-refractivity contribution in [2.24, 2.45) is 5.92 Å². The summed E-state index contributed by atoms with van der Waals surface area (Å²) in [6.45, 7) is 7.45. The van der Waals surface area contributed by atoms with E-state index in [4.69, 9.17) is 4.74 Å². The van der Waals surface area contributed by atoms with Gasteiger partial charge < -0.3 is 19.6 Å². The van der Waals surface area contributed by atoms with Crippen molar-refractivity contribution in [1.82, 2.24) is 9.80 Å². The van der Waals surface area contributed by atoms with Crippen molar-refractivity contribution in [3.8, 4) is 5.75 Å². The first-order valence-electron chi connectivity index (χ1n) is 8.35. The molecule has 1 N–H and O–H groups in total. The zero-order chi connectivity index (χ0) is 15.9. The van der Waals surface area contributed by atoms with Crippen molar-refractivity contribution in [1.29, 1.82) is 0 Å². The summed E-state index contributed by atoms with van der Waals surface area (Å²) in [4.78, 5) is 4.81. The van der Waals surface area contributed by atoms with Crippen LogP contribution in [-0.4, -0.2) is 61.8 Å². The molecule has 2 unspecified atom stereocenters.